The molecule has 1 amide bonds. The average molecular weight is 355 g/mol. The maximum atomic E-state index is 12.1. The predicted molar refractivity (Wildman–Crippen MR) is 96.6 cm³/mol. The van der Waals surface area contributed by atoms with Gasteiger partial charge in [0.2, 0.25) is 15.9 Å². The first kappa shape index (κ1) is 17.1. The van der Waals surface area contributed by atoms with Crippen LogP contribution in [-0.4, -0.2) is 25.9 Å². The summed E-state index contributed by atoms with van der Waals surface area (Å²) in [6.07, 6.45) is 1.68. The van der Waals surface area contributed by atoms with Crippen molar-refractivity contribution in [3.63, 3.8) is 0 Å². The highest BCUT2D eigenvalue weighted by atomic mass is 32.2. The van der Waals surface area contributed by atoms with Gasteiger partial charge in [-0.25, -0.2) is 13.1 Å². The van der Waals surface area contributed by atoms with E-state index in [2.05, 4.69) is 15.0 Å². The molecular weight excluding hydrogens is 338 g/mol. The van der Waals surface area contributed by atoms with Crippen molar-refractivity contribution >= 4 is 32.5 Å². The molecule has 0 bridgehead atoms. The van der Waals surface area contributed by atoms with Crippen molar-refractivity contribution in [2.45, 2.75) is 11.3 Å². The van der Waals surface area contributed by atoms with Crippen LogP contribution in [0.5, 0.6) is 0 Å². The van der Waals surface area contributed by atoms with E-state index >= 15 is 0 Å². The van der Waals surface area contributed by atoms with Crippen molar-refractivity contribution in [2.75, 3.05) is 11.9 Å². The maximum absolute atomic E-state index is 12.1. The first-order chi connectivity index (χ1) is 12.1. The van der Waals surface area contributed by atoms with Crippen LogP contribution in [0.1, 0.15) is 6.42 Å². The van der Waals surface area contributed by atoms with Crippen LogP contribution in [0.25, 0.3) is 10.9 Å². The highest BCUT2D eigenvalue weighted by molar-refractivity contribution is 7.89. The summed E-state index contributed by atoms with van der Waals surface area (Å²) in [5, 5.41) is 3.70. The summed E-state index contributed by atoms with van der Waals surface area (Å²) in [5.74, 6) is -0.283. The Kier molecular flexibility index (Phi) is 5.06. The molecule has 0 aliphatic heterocycles. The molecular formula is C18H17N3O3S. The topological polar surface area (TPSA) is 88.2 Å². The molecule has 1 aromatic heterocycles. The van der Waals surface area contributed by atoms with E-state index in [1.165, 1.54) is 12.1 Å². The van der Waals surface area contributed by atoms with Crippen LogP contribution in [0.2, 0.25) is 0 Å². The van der Waals surface area contributed by atoms with E-state index in [4.69, 9.17) is 0 Å². The fourth-order valence-corrected chi connectivity index (χ4v) is 3.45. The van der Waals surface area contributed by atoms with Crippen LogP contribution in [-0.2, 0) is 14.8 Å². The predicted octanol–water partition coefficient (Wildman–Crippen LogP) is 2.54. The van der Waals surface area contributed by atoms with Crippen LogP contribution in [0.15, 0.2) is 71.8 Å². The third kappa shape index (κ3) is 4.20. The third-order valence-electron chi connectivity index (χ3n) is 3.60. The van der Waals surface area contributed by atoms with Crippen LogP contribution >= 0.6 is 0 Å². The molecule has 0 aliphatic carbocycles. The number of rotatable bonds is 6. The smallest absolute Gasteiger partial charge is 0.240 e. The molecule has 0 atom stereocenters. The average Bonchev–Trinajstić information content (AvgIpc) is 2.63. The van der Waals surface area contributed by atoms with Gasteiger partial charge in [-0.05, 0) is 24.3 Å². The fraction of sp³-hybridized carbons (Fsp3) is 0.111. The van der Waals surface area contributed by atoms with Gasteiger partial charge in [-0.2, -0.15) is 0 Å². The van der Waals surface area contributed by atoms with Crippen LogP contribution in [0.4, 0.5) is 5.69 Å². The van der Waals surface area contributed by atoms with E-state index in [9.17, 15) is 13.2 Å². The summed E-state index contributed by atoms with van der Waals surface area (Å²) in [7, 11) is -3.61. The van der Waals surface area contributed by atoms with Crippen LogP contribution in [0, 0.1) is 0 Å². The quantitative estimate of drug-likeness (QED) is 0.711. The van der Waals surface area contributed by atoms with Gasteiger partial charge < -0.3 is 5.32 Å². The van der Waals surface area contributed by atoms with Gasteiger partial charge >= 0.3 is 0 Å². The zero-order chi connectivity index (χ0) is 17.7. The Morgan fingerprint density at radius 2 is 1.72 bits per heavy atom. The molecule has 2 aromatic carbocycles. The minimum Gasteiger partial charge on any atom is -0.324 e. The van der Waals surface area contributed by atoms with Gasteiger partial charge in [0.15, 0.2) is 0 Å². The molecule has 2 N–H and O–H groups in total. The zero-order valence-corrected chi connectivity index (χ0v) is 14.2. The van der Waals surface area contributed by atoms with Crippen molar-refractivity contribution in [2.24, 2.45) is 0 Å². The molecule has 0 unspecified atom stereocenters. The summed E-state index contributed by atoms with van der Waals surface area (Å²) < 4.78 is 26.6. The lowest BCUT2D eigenvalue weighted by Gasteiger charge is -2.09. The molecule has 1 heterocycles. The summed E-state index contributed by atoms with van der Waals surface area (Å²) in [5.41, 5.74) is 1.30. The molecule has 0 aliphatic rings. The second-order valence-corrected chi connectivity index (χ2v) is 7.16. The maximum Gasteiger partial charge on any atom is 0.240 e. The highest BCUT2D eigenvalue weighted by Gasteiger charge is 2.13. The normalized spacial score (nSPS) is 11.4. The first-order valence-electron chi connectivity index (χ1n) is 7.74. The SMILES string of the molecule is O=C(CCNS(=O)(=O)c1ccccc1)Nc1cccc2cccnc12. The van der Waals surface area contributed by atoms with Gasteiger partial charge in [0.25, 0.3) is 0 Å². The van der Waals surface area contributed by atoms with E-state index in [1.807, 2.05) is 24.3 Å². The minimum absolute atomic E-state index is 0.0151. The Labute approximate surface area is 146 Å². The lowest BCUT2D eigenvalue weighted by atomic mass is 10.2. The lowest BCUT2D eigenvalue weighted by Crippen LogP contribution is -2.27. The highest BCUT2D eigenvalue weighted by Crippen LogP contribution is 2.20. The number of amides is 1. The largest absolute Gasteiger partial charge is 0.324 e. The van der Waals surface area contributed by atoms with Gasteiger partial charge in [0.1, 0.15) is 0 Å². The van der Waals surface area contributed by atoms with Crippen LogP contribution < -0.4 is 10.0 Å². The van der Waals surface area contributed by atoms with Crippen molar-refractivity contribution < 1.29 is 13.2 Å². The molecule has 25 heavy (non-hydrogen) atoms. The van der Waals surface area contributed by atoms with Gasteiger partial charge in [-0.1, -0.05) is 36.4 Å². The molecule has 7 heteroatoms. The van der Waals surface area contributed by atoms with Crippen molar-refractivity contribution in [3.05, 3.63) is 66.9 Å². The summed E-state index contributed by atoms with van der Waals surface area (Å²) >= 11 is 0. The van der Waals surface area contributed by atoms with Gasteiger partial charge in [-0.15, -0.1) is 0 Å². The number of anilines is 1. The Morgan fingerprint density at radius 3 is 2.52 bits per heavy atom. The second kappa shape index (κ2) is 7.42. The van der Waals surface area contributed by atoms with E-state index in [0.717, 1.165) is 5.39 Å². The van der Waals surface area contributed by atoms with E-state index < -0.39 is 10.0 Å². The lowest BCUT2D eigenvalue weighted by molar-refractivity contribution is -0.116. The number of hydrogen-bond donors (Lipinski definition) is 2. The molecule has 0 fully saturated rings. The van der Waals surface area contributed by atoms with Gasteiger partial charge in [0, 0.05) is 24.5 Å². The number of sulfonamides is 1. The van der Waals surface area contributed by atoms with Gasteiger partial charge in [0.05, 0.1) is 16.1 Å². The number of benzene rings is 2. The number of aromatic nitrogens is 1. The molecule has 3 aromatic rings. The summed E-state index contributed by atoms with van der Waals surface area (Å²) in [6, 6.07) is 17.3. The molecule has 0 radical (unpaired) electrons. The Morgan fingerprint density at radius 1 is 0.960 bits per heavy atom. The number of pyridine rings is 1. The monoisotopic (exact) mass is 355 g/mol. The number of nitrogens with zero attached hydrogens (tertiary/aromatic N) is 1. The van der Waals surface area contributed by atoms with Crippen molar-refractivity contribution in [1.29, 1.82) is 0 Å². The van der Waals surface area contributed by atoms with Crippen molar-refractivity contribution in [3.8, 4) is 0 Å². The van der Waals surface area contributed by atoms with E-state index in [0.29, 0.717) is 11.2 Å². The number of para-hydroxylation sites is 1. The number of carbonyl (C=O) groups is 1. The minimum atomic E-state index is -3.61. The third-order valence-corrected chi connectivity index (χ3v) is 5.08. The summed E-state index contributed by atoms with van der Waals surface area (Å²) in [4.78, 5) is 16.5. The van der Waals surface area contributed by atoms with E-state index in [-0.39, 0.29) is 23.8 Å². The first-order valence-corrected chi connectivity index (χ1v) is 9.23. The molecule has 0 saturated carbocycles. The number of hydrogen-bond acceptors (Lipinski definition) is 4. The van der Waals surface area contributed by atoms with Gasteiger partial charge in [-0.3, -0.25) is 9.78 Å². The fourth-order valence-electron chi connectivity index (χ4n) is 2.40. The number of carbonyl (C=O) groups excluding carboxylic acids is 1. The molecule has 0 spiro atoms. The Bertz CT molecular complexity index is 983. The standard InChI is InChI=1S/C18H17N3O3S/c22-17(11-13-20-25(23,24)15-8-2-1-3-9-15)21-16-10-4-6-14-7-5-12-19-18(14)16/h1-10,12,20H,11,13H2,(H,21,22). The number of nitrogens with one attached hydrogen (secondary N) is 2. The molecule has 0 saturated heterocycles. The molecule has 128 valence electrons. The van der Waals surface area contributed by atoms with Crippen LogP contribution in [0.3, 0.4) is 0 Å². The van der Waals surface area contributed by atoms with Crippen molar-refractivity contribution in [1.82, 2.24) is 9.71 Å². The molecule has 3 rings (SSSR count). The number of fused-ring (bicyclic) bond motifs is 1. The Hall–Kier alpha value is -2.77. The van der Waals surface area contributed by atoms with E-state index in [1.54, 1.807) is 30.5 Å². The Balaban J connectivity index is 1.60. The molecule has 6 nitrogen and oxygen atoms in total. The zero-order valence-electron chi connectivity index (χ0n) is 13.3. The second-order valence-electron chi connectivity index (χ2n) is 5.39. The summed E-state index contributed by atoms with van der Waals surface area (Å²) in [6.45, 7) is 0.0151.